The summed E-state index contributed by atoms with van der Waals surface area (Å²) >= 11 is 0. The van der Waals surface area contributed by atoms with Gasteiger partial charge in [-0.3, -0.25) is 9.89 Å². The van der Waals surface area contributed by atoms with Gasteiger partial charge in [0.15, 0.2) is 5.82 Å². The van der Waals surface area contributed by atoms with Crippen molar-refractivity contribution in [3.63, 3.8) is 0 Å². The largest absolute Gasteiger partial charge is 0.383 e. The molecule has 0 spiro atoms. The van der Waals surface area contributed by atoms with Crippen LogP contribution in [0.25, 0.3) is 11.4 Å². The van der Waals surface area contributed by atoms with E-state index in [9.17, 15) is 4.79 Å². The van der Waals surface area contributed by atoms with E-state index in [1.807, 2.05) is 24.3 Å². The van der Waals surface area contributed by atoms with Crippen molar-refractivity contribution < 1.29 is 9.53 Å². The van der Waals surface area contributed by atoms with Gasteiger partial charge in [-0.1, -0.05) is 12.1 Å². The van der Waals surface area contributed by atoms with Crippen molar-refractivity contribution in [2.45, 2.75) is 18.8 Å². The molecule has 3 rings (SSSR count). The Morgan fingerprint density at radius 3 is 3.00 bits per heavy atom. The van der Waals surface area contributed by atoms with Crippen LogP contribution in [0.3, 0.4) is 0 Å². The van der Waals surface area contributed by atoms with E-state index in [1.54, 1.807) is 7.11 Å². The van der Waals surface area contributed by atoms with E-state index < -0.39 is 0 Å². The zero-order chi connectivity index (χ0) is 16.1. The fraction of sp³-hybridized carbons (Fsp3) is 0.438. The third-order valence-electron chi connectivity index (χ3n) is 3.64. The molecule has 1 fully saturated rings. The van der Waals surface area contributed by atoms with Gasteiger partial charge in [-0.25, -0.2) is 4.98 Å². The van der Waals surface area contributed by atoms with Gasteiger partial charge < -0.3 is 15.4 Å². The van der Waals surface area contributed by atoms with Crippen molar-refractivity contribution >= 4 is 24.0 Å². The van der Waals surface area contributed by atoms with E-state index in [0.29, 0.717) is 24.9 Å². The second-order valence-electron chi connectivity index (χ2n) is 5.62. The number of aromatic nitrogens is 3. The molecule has 24 heavy (non-hydrogen) atoms. The highest BCUT2D eigenvalue weighted by atomic mass is 35.5. The van der Waals surface area contributed by atoms with E-state index in [0.717, 1.165) is 17.1 Å². The number of nitrogens with zero attached hydrogens (tertiary/aromatic N) is 2. The van der Waals surface area contributed by atoms with E-state index in [2.05, 4.69) is 25.8 Å². The highest BCUT2D eigenvalue weighted by Crippen LogP contribution is 2.38. The SMILES string of the molecule is COCCNCC(=O)Nc1cccc(-c2n[nH]c(C3CC3)n2)c1.Cl. The smallest absolute Gasteiger partial charge is 0.238 e. The molecule has 2 aromatic rings. The molecule has 1 aliphatic rings. The quantitative estimate of drug-likeness (QED) is 0.632. The molecule has 0 aliphatic heterocycles. The lowest BCUT2D eigenvalue weighted by Gasteiger charge is -2.07. The summed E-state index contributed by atoms with van der Waals surface area (Å²) < 4.78 is 4.92. The van der Waals surface area contributed by atoms with Gasteiger partial charge in [-0.15, -0.1) is 12.4 Å². The zero-order valence-electron chi connectivity index (χ0n) is 13.5. The van der Waals surface area contributed by atoms with Gasteiger partial charge in [0, 0.05) is 30.8 Å². The Bertz CT molecular complexity index is 672. The fourth-order valence-electron chi connectivity index (χ4n) is 2.26. The van der Waals surface area contributed by atoms with Crippen LogP contribution in [-0.4, -0.2) is 47.9 Å². The second-order valence-corrected chi connectivity index (χ2v) is 5.62. The molecule has 8 heteroatoms. The summed E-state index contributed by atoms with van der Waals surface area (Å²) in [5, 5.41) is 13.1. The maximum Gasteiger partial charge on any atom is 0.238 e. The number of H-pyrrole nitrogens is 1. The first-order valence-electron chi connectivity index (χ1n) is 7.78. The van der Waals surface area contributed by atoms with Gasteiger partial charge >= 0.3 is 0 Å². The van der Waals surface area contributed by atoms with Gasteiger partial charge in [0.25, 0.3) is 0 Å². The van der Waals surface area contributed by atoms with Crippen molar-refractivity contribution in [1.29, 1.82) is 0 Å². The average molecular weight is 352 g/mol. The van der Waals surface area contributed by atoms with Crippen molar-refractivity contribution in [1.82, 2.24) is 20.5 Å². The van der Waals surface area contributed by atoms with Gasteiger partial charge in [-0.05, 0) is 25.0 Å². The Labute approximate surface area is 147 Å². The van der Waals surface area contributed by atoms with Crippen molar-refractivity contribution in [3.05, 3.63) is 30.1 Å². The number of carbonyl (C=O) groups excluding carboxylic acids is 1. The molecule has 0 radical (unpaired) electrons. The molecular formula is C16H22ClN5O2. The van der Waals surface area contributed by atoms with Gasteiger partial charge in [-0.2, -0.15) is 5.10 Å². The molecule has 1 saturated carbocycles. The first kappa shape index (κ1) is 18.4. The fourth-order valence-corrected chi connectivity index (χ4v) is 2.26. The van der Waals surface area contributed by atoms with Crippen molar-refractivity contribution in [3.8, 4) is 11.4 Å². The summed E-state index contributed by atoms with van der Waals surface area (Å²) in [6, 6.07) is 7.56. The number of ether oxygens (including phenoxy) is 1. The van der Waals surface area contributed by atoms with Crippen LogP contribution < -0.4 is 10.6 Å². The third-order valence-corrected chi connectivity index (χ3v) is 3.64. The number of nitrogens with one attached hydrogen (secondary N) is 3. The number of hydrogen-bond acceptors (Lipinski definition) is 5. The van der Waals surface area contributed by atoms with Crippen LogP contribution in [0.2, 0.25) is 0 Å². The average Bonchev–Trinajstić information content (AvgIpc) is 3.29. The minimum Gasteiger partial charge on any atom is -0.383 e. The van der Waals surface area contributed by atoms with Crippen LogP contribution in [0.4, 0.5) is 5.69 Å². The van der Waals surface area contributed by atoms with Crippen molar-refractivity contribution in [2.75, 3.05) is 32.1 Å². The van der Waals surface area contributed by atoms with Gasteiger partial charge in [0.05, 0.1) is 13.2 Å². The molecule has 1 heterocycles. The molecule has 3 N–H and O–H groups in total. The molecule has 1 aliphatic carbocycles. The molecule has 0 bridgehead atoms. The van der Waals surface area contributed by atoms with Crippen LogP contribution in [0.15, 0.2) is 24.3 Å². The van der Waals surface area contributed by atoms with Gasteiger partial charge in [0.1, 0.15) is 5.82 Å². The number of aromatic amines is 1. The number of halogens is 1. The zero-order valence-corrected chi connectivity index (χ0v) is 14.4. The number of hydrogen-bond donors (Lipinski definition) is 3. The lowest BCUT2D eigenvalue weighted by molar-refractivity contribution is -0.115. The normalized spacial score (nSPS) is 13.4. The van der Waals surface area contributed by atoms with Crippen LogP contribution in [0.5, 0.6) is 0 Å². The topological polar surface area (TPSA) is 91.9 Å². The standard InChI is InChI=1S/C16H21N5O2.ClH/c1-23-8-7-17-10-14(22)18-13-4-2-3-12(9-13)16-19-15(20-21-16)11-5-6-11;/h2-4,9,11,17H,5-8,10H2,1H3,(H,18,22)(H,19,20,21);1H. The lowest BCUT2D eigenvalue weighted by Crippen LogP contribution is -2.30. The molecule has 1 amide bonds. The van der Waals surface area contributed by atoms with Crippen LogP contribution in [0, 0.1) is 0 Å². The summed E-state index contributed by atoms with van der Waals surface area (Å²) in [5.74, 6) is 2.07. The van der Waals surface area contributed by atoms with Crippen LogP contribution >= 0.6 is 12.4 Å². The minimum atomic E-state index is -0.0908. The number of anilines is 1. The third kappa shape index (κ3) is 5.02. The Morgan fingerprint density at radius 2 is 2.25 bits per heavy atom. The number of rotatable bonds is 8. The van der Waals surface area contributed by atoms with E-state index in [4.69, 9.17) is 4.74 Å². The molecule has 0 atom stereocenters. The molecule has 130 valence electrons. The molecule has 1 aromatic heterocycles. The summed E-state index contributed by atoms with van der Waals surface area (Å²) in [6.45, 7) is 1.47. The summed E-state index contributed by atoms with van der Waals surface area (Å²) in [5.41, 5.74) is 1.62. The Balaban J connectivity index is 0.00000208. The van der Waals surface area contributed by atoms with Gasteiger partial charge in [0.2, 0.25) is 5.91 Å². The highest BCUT2D eigenvalue weighted by molar-refractivity contribution is 5.92. The number of methoxy groups -OCH3 is 1. The van der Waals surface area contributed by atoms with E-state index in [1.165, 1.54) is 12.8 Å². The second kappa shape index (κ2) is 8.77. The number of carbonyl (C=O) groups is 1. The lowest BCUT2D eigenvalue weighted by atomic mass is 10.2. The van der Waals surface area contributed by atoms with E-state index in [-0.39, 0.29) is 24.9 Å². The first-order chi connectivity index (χ1) is 11.3. The molecule has 0 unspecified atom stereocenters. The Hall–Kier alpha value is -1.96. The van der Waals surface area contributed by atoms with Crippen LogP contribution in [0.1, 0.15) is 24.6 Å². The summed E-state index contributed by atoms with van der Waals surface area (Å²) in [6.07, 6.45) is 2.36. The predicted octanol–water partition coefficient (Wildman–Crippen LogP) is 1.95. The molecular weight excluding hydrogens is 330 g/mol. The molecule has 1 aromatic carbocycles. The maximum absolute atomic E-state index is 11.9. The molecule has 0 saturated heterocycles. The Morgan fingerprint density at radius 1 is 1.42 bits per heavy atom. The highest BCUT2D eigenvalue weighted by Gasteiger charge is 2.27. The maximum atomic E-state index is 11.9. The summed E-state index contributed by atoms with van der Waals surface area (Å²) in [4.78, 5) is 16.4. The summed E-state index contributed by atoms with van der Waals surface area (Å²) in [7, 11) is 1.63. The molecule has 7 nitrogen and oxygen atoms in total. The van der Waals surface area contributed by atoms with E-state index >= 15 is 0 Å². The number of benzene rings is 1. The van der Waals surface area contributed by atoms with Crippen LogP contribution in [-0.2, 0) is 9.53 Å². The monoisotopic (exact) mass is 351 g/mol. The number of amides is 1. The Kier molecular flexibility index (Phi) is 6.72. The van der Waals surface area contributed by atoms with Crippen molar-refractivity contribution in [2.24, 2.45) is 0 Å². The predicted molar refractivity (Wildman–Crippen MR) is 94.4 cm³/mol. The minimum absolute atomic E-state index is 0. The first-order valence-corrected chi connectivity index (χ1v) is 7.78.